The van der Waals surface area contributed by atoms with Crippen molar-refractivity contribution in [1.82, 2.24) is 14.3 Å². The molecule has 0 aliphatic carbocycles. The Bertz CT molecular complexity index is 926. The topological polar surface area (TPSA) is 92.3 Å². The molecule has 0 saturated carbocycles. The van der Waals surface area contributed by atoms with Gasteiger partial charge in [-0.25, -0.2) is 18.4 Å². The molecule has 3 rings (SSSR count). The summed E-state index contributed by atoms with van der Waals surface area (Å²) in [6.45, 7) is 4.96. The SMILES string of the molecule is CCC(Sc1cc(C)ncn1)C(=O)Nc1ccc(S(=O)(=O)N2CCCC2)cc1. The molecule has 1 amide bonds. The predicted molar refractivity (Wildman–Crippen MR) is 110 cm³/mol. The van der Waals surface area contributed by atoms with Crippen LogP contribution in [0.4, 0.5) is 5.69 Å². The fourth-order valence-corrected chi connectivity index (χ4v) is 5.46. The van der Waals surface area contributed by atoms with E-state index in [1.54, 1.807) is 24.3 Å². The molecular weight excluding hydrogens is 396 g/mol. The van der Waals surface area contributed by atoms with Crippen LogP contribution in [0.3, 0.4) is 0 Å². The summed E-state index contributed by atoms with van der Waals surface area (Å²) in [6.07, 6.45) is 3.92. The number of rotatable bonds is 7. The first-order valence-corrected chi connectivity index (χ1v) is 11.6. The van der Waals surface area contributed by atoms with Crippen LogP contribution in [-0.2, 0) is 14.8 Å². The van der Waals surface area contributed by atoms with E-state index in [-0.39, 0.29) is 16.1 Å². The van der Waals surface area contributed by atoms with Crippen LogP contribution in [-0.4, -0.2) is 46.9 Å². The first-order chi connectivity index (χ1) is 13.4. The molecule has 150 valence electrons. The van der Waals surface area contributed by atoms with E-state index in [2.05, 4.69) is 15.3 Å². The van der Waals surface area contributed by atoms with Crippen molar-refractivity contribution in [3.8, 4) is 0 Å². The van der Waals surface area contributed by atoms with Gasteiger partial charge in [-0.1, -0.05) is 18.7 Å². The molecule has 28 heavy (non-hydrogen) atoms. The van der Waals surface area contributed by atoms with Crippen molar-refractivity contribution in [2.45, 2.75) is 48.3 Å². The maximum Gasteiger partial charge on any atom is 0.243 e. The minimum absolute atomic E-state index is 0.140. The highest BCUT2D eigenvalue weighted by molar-refractivity contribution is 8.00. The van der Waals surface area contributed by atoms with E-state index >= 15 is 0 Å². The van der Waals surface area contributed by atoms with Crippen LogP contribution in [0.2, 0.25) is 0 Å². The van der Waals surface area contributed by atoms with Crippen LogP contribution >= 0.6 is 11.8 Å². The van der Waals surface area contributed by atoms with Crippen LogP contribution in [0.1, 0.15) is 31.9 Å². The van der Waals surface area contributed by atoms with Gasteiger partial charge in [0, 0.05) is 24.5 Å². The Balaban J connectivity index is 1.66. The van der Waals surface area contributed by atoms with Crippen molar-refractivity contribution >= 4 is 33.4 Å². The number of aromatic nitrogens is 2. The molecule has 1 aliphatic heterocycles. The van der Waals surface area contributed by atoms with E-state index in [1.165, 1.54) is 22.4 Å². The normalized spacial score (nSPS) is 16.1. The zero-order valence-electron chi connectivity index (χ0n) is 16.0. The summed E-state index contributed by atoms with van der Waals surface area (Å²) in [6, 6.07) is 8.20. The van der Waals surface area contributed by atoms with Gasteiger partial charge in [-0.15, -0.1) is 0 Å². The summed E-state index contributed by atoms with van der Waals surface area (Å²) in [5.74, 6) is -0.140. The largest absolute Gasteiger partial charge is 0.325 e. The van der Waals surface area contributed by atoms with Crippen molar-refractivity contribution < 1.29 is 13.2 Å². The third-order valence-electron chi connectivity index (χ3n) is 4.53. The minimum atomic E-state index is -3.45. The van der Waals surface area contributed by atoms with Crippen molar-refractivity contribution in [2.75, 3.05) is 18.4 Å². The van der Waals surface area contributed by atoms with Gasteiger partial charge < -0.3 is 5.32 Å². The number of carbonyl (C=O) groups is 1. The smallest absolute Gasteiger partial charge is 0.243 e. The lowest BCUT2D eigenvalue weighted by Crippen LogP contribution is -2.28. The van der Waals surface area contributed by atoms with Gasteiger partial charge >= 0.3 is 0 Å². The lowest BCUT2D eigenvalue weighted by atomic mass is 10.3. The van der Waals surface area contributed by atoms with Gasteiger partial charge in [0.05, 0.1) is 10.1 Å². The predicted octanol–water partition coefficient (Wildman–Crippen LogP) is 3.08. The van der Waals surface area contributed by atoms with Crippen molar-refractivity contribution in [3.63, 3.8) is 0 Å². The van der Waals surface area contributed by atoms with Gasteiger partial charge in [-0.2, -0.15) is 4.31 Å². The van der Waals surface area contributed by atoms with E-state index in [1.807, 2.05) is 19.9 Å². The Morgan fingerprint density at radius 1 is 1.21 bits per heavy atom. The Morgan fingerprint density at radius 2 is 1.89 bits per heavy atom. The molecule has 1 unspecified atom stereocenters. The summed E-state index contributed by atoms with van der Waals surface area (Å²) >= 11 is 1.39. The zero-order valence-corrected chi connectivity index (χ0v) is 17.6. The molecule has 1 N–H and O–H groups in total. The first-order valence-electron chi connectivity index (χ1n) is 9.26. The summed E-state index contributed by atoms with van der Waals surface area (Å²) in [5.41, 5.74) is 1.42. The van der Waals surface area contributed by atoms with Gasteiger partial charge in [-0.3, -0.25) is 4.79 Å². The second kappa shape index (κ2) is 9.02. The molecular formula is C19H24N4O3S2. The number of aryl methyl sites for hydroxylation is 1. The number of hydrogen-bond donors (Lipinski definition) is 1. The number of amides is 1. The molecule has 1 atom stereocenters. The second-order valence-electron chi connectivity index (χ2n) is 6.64. The lowest BCUT2D eigenvalue weighted by Gasteiger charge is -2.17. The van der Waals surface area contributed by atoms with E-state index in [0.29, 0.717) is 25.2 Å². The molecule has 1 aromatic carbocycles. The molecule has 7 nitrogen and oxygen atoms in total. The maximum absolute atomic E-state index is 12.6. The number of benzene rings is 1. The average Bonchev–Trinajstić information content (AvgIpc) is 3.22. The molecule has 0 radical (unpaired) electrons. The summed E-state index contributed by atoms with van der Waals surface area (Å²) in [7, 11) is -3.45. The summed E-state index contributed by atoms with van der Waals surface area (Å²) in [4.78, 5) is 21.1. The van der Waals surface area contributed by atoms with E-state index < -0.39 is 10.0 Å². The maximum atomic E-state index is 12.6. The van der Waals surface area contributed by atoms with Crippen LogP contribution in [0, 0.1) is 6.92 Å². The van der Waals surface area contributed by atoms with Gasteiger partial charge in [0.15, 0.2) is 0 Å². The quantitative estimate of drug-likeness (QED) is 0.547. The second-order valence-corrected chi connectivity index (χ2v) is 9.80. The molecule has 0 bridgehead atoms. The first kappa shape index (κ1) is 20.8. The number of nitrogens with zero attached hydrogens (tertiary/aromatic N) is 3. The third kappa shape index (κ3) is 4.89. The number of thioether (sulfide) groups is 1. The molecule has 1 aromatic heterocycles. The Hall–Kier alpha value is -1.97. The van der Waals surface area contributed by atoms with Gasteiger partial charge in [0.25, 0.3) is 0 Å². The van der Waals surface area contributed by atoms with Crippen LogP contribution in [0.25, 0.3) is 0 Å². The summed E-state index contributed by atoms with van der Waals surface area (Å²) in [5, 5.41) is 3.31. The fraction of sp³-hybridized carbons (Fsp3) is 0.421. The van der Waals surface area contributed by atoms with Crippen LogP contribution < -0.4 is 5.32 Å². The van der Waals surface area contributed by atoms with Crippen molar-refractivity contribution in [1.29, 1.82) is 0 Å². The van der Waals surface area contributed by atoms with Crippen molar-refractivity contribution in [3.05, 3.63) is 42.4 Å². The third-order valence-corrected chi connectivity index (χ3v) is 7.74. The zero-order chi connectivity index (χ0) is 20.1. The van der Waals surface area contributed by atoms with Gasteiger partial charge in [0.2, 0.25) is 15.9 Å². The fourth-order valence-electron chi connectivity index (χ4n) is 2.97. The molecule has 1 aliphatic rings. The lowest BCUT2D eigenvalue weighted by molar-refractivity contribution is -0.115. The molecule has 2 heterocycles. The highest BCUT2D eigenvalue weighted by atomic mass is 32.2. The Morgan fingerprint density at radius 3 is 2.50 bits per heavy atom. The van der Waals surface area contributed by atoms with E-state index in [0.717, 1.165) is 23.6 Å². The average molecular weight is 421 g/mol. The standard InChI is InChI=1S/C19H24N4O3S2/c1-3-17(27-18-12-14(2)20-13-21-18)19(24)22-15-6-8-16(9-7-15)28(25,26)23-10-4-5-11-23/h6-9,12-13,17H,3-5,10-11H2,1-2H3,(H,22,24). The Labute approximate surface area is 170 Å². The van der Waals surface area contributed by atoms with Crippen molar-refractivity contribution in [2.24, 2.45) is 0 Å². The van der Waals surface area contributed by atoms with Gasteiger partial charge in [-0.05, 0) is 56.5 Å². The molecule has 9 heteroatoms. The monoisotopic (exact) mass is 420 g/mol. The number of hydrogen-bond acceptors (Lipinski definition) is 6. The highest BCUT2D eigenvalue weighted by Gasteiger charge is 2.27. The van der Waals surface area contributed by atoms with E-state index in [4.69, 9.17) is 0 Å². The molecule has 1 fully saturated rings. The van der Waals surface area contributed by atoms with Crippen LogP contribution in [0.15, 0.2) is 46.6 Å². The molecule has 2 aromatic rings. The highest BCUT2D eigenvalue weighted by Crippen LogP contribution is 2.26. The van der Waals surface area contributed by atoms with Crippen LogP contribution in [0.5, 0.6) is 0 Å². The number of sulfonamides is 1. The van der Waals surface area contributed by atoms with Gasteiger partial charge in [0.1, 0.15) is 11.4 Å². The summed E-state index contributed by atoms with van der Waals surface area (Å²) < 4.78 is 26.7. The van der Waals surface area contributed by atoms with E-state index in [9.17, 15) is 13.2 Å². The minimum Gasteiger partial charge on any atom is -0.325 e. The number of anilines is 1. The Kier molecular flexibility index (Phi) is 6.69. The molecule has 1 saturated heterocycles. The molecule has 0 spiro atoms. The number of carbonyl (C=O) groups excluding carboxylic acids is 1. The number of nitrogens with one attached hydrogen (secondary N) is 1.